The van der Waals surface area contributed by atoms with Crippen LogP contribution in [-0.2, 0) is 14.8 Å². The summed E-state index contributed by atoms with van der Waals surface area (Å²) in [7, 11) is -3.55. The molecule has 16 heavy (non-hydrogen) atoms. The number of aliphatic hydroxyl groups is 1. The summed E-state index contributed by atoms with van der Waals surface area (Å²) in [5, 5.41) is 14.1. The van der Waals surface area contributed by atoms with Gasteiger partial charge in [0.15, 0.2) is 0 Å². The van der Waals surface area contributed by atoms with Crippen LogP contribution in [0.5, 0.6) is 0 Å². The number of primary sulfonamides is 1. The van der Waals surface area contributed by atoms with Gasteiger partial charge in [-0.1, -0.05) is 0 Å². The molecular weight excluding hydrogens is 232 g/mol. The second-order valence-corrected chi connectivity index (χ2v) is 6.53. The van der Waals surface area contributed by atoms with Gasteiger partial charge >= 0.3 is 0 Å². The Kier molecular flexibility index (Phi) is 3.61. The number of rotatable bonds is 4. The number of amides is 1. The Morgan fingerprint density at radius 2 is 2.12 bits per heavy atom. The molecule has 0 aliphatic carbocycles. The van der Waals surface area contributed by atoms with Crippen molar-refractivity contribution in [3.8, 4) is 0 Å². The fraction of sp³-hybridized carbons (Fsp3) is 0.889. The maximum absolute atomic E-state index is 11.7. The van der Waals surface area contributed by atoms with Gasteiger partial charge in [0.2, 0.25) is 15.9 Å². The third-order valence-corrected chi connectivity index (χ3v) is 3.73. The Morgan fingerprint density at radius 1 is 1.56 bits per heavy atom. The standard InChI is InChI=1S/C9H18N2O4S/c1-9(2,6-12)11-4-7(3-8(11)13)5-16(10,14)15/h7,12H,3-6H2,1-2H3,(H2,10,14,15). The Bertz CT molecular complexity index is 377. The summed E-state index contributed by atoms with van der Waals surface area (Å²) in [4.78, 5) is 13.2. The number of hydrogen-bond acceptors (Lipinski definition) is 4. The van der Waals surface area contributed by atoms with Crippen molar-refractivity contribution in [3.63, 3.8) is 0 Å². The Labute approximate surface area is 95.5 Å². The first-order valence-corrected chi connectivity index (χ1v) is 6.79. The van der Waals surface area contributed by atoms with Crippen LogP contribution in [0.1, 0.15) is 20.3 Å². The normalized spacial score (nSPS) is 22.9. The zero-order chi connectivity index (χ0) is 12.6. The van der Waals surface area contributed by atoms with E-state index in [-0.39, 0.29) is 30.6 Å². The molecule has 1 atom stereocenters. The Morgan fingerprint density at radius 3 is 2.56 bits per heavy atom. The van der Waals surface area contributed by atoms with E-state index in [0.717, 1.165) is 0 Å². The minimum atomic E-state index is -3.55. The molecule has 1 rings (SSSR count). The number of nitrogens with zero attached hydrogens (tertiary/aromatic N) is 1. The summed E-state index contributed by atoms with van der Waals surface area (Å²) < 4.78 is 21.8. The molecular formula is C9H18N2O4S. The molecule has 1 aliphatic rings. The fourth-order valence-electron chi connectivity index (χ4n) is 1.89. The van der Waals surface area contributed by atoms with E-state index in [4.69, 9.17) is 10.2 Å². The molecule has 1 unspecified atom stereocenters. The van der Waals surface area contributed by atoms with Gasteiger partial charge in [-0.2, -0.15) is 0 Å². The summed E-state index contributed by atoms with van der Waals surface area (Å²) in [6.45, 7) is 3.66. The van der Waals surface area contributed by atoms with E-state index >= 15 is 0 Å². The van der Waals surface area contributed by atoms with E-state index in [1.807, 2.05) is 0 Å². The van der Waals surface area contributed by atoms with Crippen molar-refractivity contribution in [1.29, 1.82) is 0 Å². The van der Waals surface area contributed by atoms with Crippen LogP contribution in [0, 0.1) is 5.92 Å². The Hall–Kier alpha value is -0.660. The summed E-state index contributed by atoms with van der Waals surface area (Å²) in [6, 6.07) is 0. The van der Waals surface area contributed by atoms with Gasteiger partial charge in [-0.3, -0.25) is 4.79 Å². The number of carbonyl (C=O) groups excluding carboxylic acids is 1. The van der Waals surface area contributed by atoms with Crippen molar-refractivity contribution >= 4 is 15.9 Å². The van der Waals surface area contributed by atoms with E-state index in [1.165, 1.54) is 4.90 Å². The van der Waals surface area contributed by atoms with Crippen molar-refractivity contribution in [2.45, 2.75) is 25.8 Å². The molecule has 6 nitrogen and oxygen atoms in total. The van der Waals surface area contributed by atoms with Crippen LogP contribution in [0.25, 0.3) is 0 Å². The lowest BCUT2D eigenvalue weighted by Gasteiger charge is -2.34. The molecule has 0 aromatic heterocycles. The molecule has 7 heteroatoms. The molecule has 1 amide bonds. The highest BCUT2D eigenvalue weighted by atomic mass is 32.2. The molecule has 94 valence electrons. The van der Waals surface area contributed by atoms with Crippen LogP contribution < -0.4 is 5.14 Å². The fourth-order valence-corrected chi connectivity index (χ4v) is 2.77. The van der Waals surface area contributed by atoms with E-state index in [0.29, 0.717) is 6.54 Å². The smallest absolute Gasteiger partial charge is 0.223 e. The quantitative estimate of drug-likeness (QED) is 0.661. The highest BCUT2D eigenvalue weighted by Gasteiger charge is 2.39. The van der Waals surface area contributed by atoms with Crippen LogP contribution in [-0.4, -0.2) is 48.8 Å². The molecule has 0 saturated carbocycles. The van der Waals surface area contributed by atoms with Crippen LogP contribution in [0.2, 0.25) is 0 Å². The average molecular weight is 250 g/mol. The van der Waals surface area contributed by atoms with Gasteiger partial charge in [-0.15, -0.1) is 0 Å². The topological polar surface area (TPSA) is 101 Å². The van der Waals surface area contributed by atoms with Crippen molar-refractivity contribution in [2.75, 3.05) is 18.9 Å². The minimum Gasteiger partial charge on any atom is -0.394 e. The molecule has 3 N–H and O–H groups in total. The van der Waals surface area contributed by atoms with Crippen LogP contribution >= 0.6 is 0 Å². The lowest BCUT2D eigenvalue weighted by Crippen LogP contribution is -2.47. The summed E-state index contributed by atoms with van der Waals surface area (Å²) in [5.41, 5.74) is -0.649. The summed E-state index contributed by atoms with van der Waals surface area (Å²) in [5.74, 6) is -0.586. The molecule has 1 saturated heterocycles. The van der Waals surface area contributed by atoms with Gasteiger partial charge in [0.05, 0.1) is 17.9 Å². The van der Waals surface area contributed by atoms with Gasteiger partial charge in [0, 0.05) is 18.9 Å². The molecule has 0 aromatic rings. The van der Waals surface area contributed by atoms with Crippen molar-refractivity contribution < 1.29 is 18.3 Å². The third kappa shape index (κ3) is 3.16. The molecule has 0 radical (unpaired) electrons. The van der Waals surface area contributed by atoms with Gasteiger partial charge in [-0.25, -0.2) is 13.6 Å². The molecule has 1 fully saturated rings. The van der Waals surface area contributed by atoms with Gasteiger partial charge in [0.1, 0.15) is 0 Å². The van der Waals surface area contributed by atoms with E-state index in [2.05, 4.69) is 0 Å². The third-order valence-electron chi connectivity index (χ3n) is 2.79. The minimum absolute atomic E-state index is 0.132. The number of likely N-dealkylation sites (tertiary alicyclic amines) is 1. The largest absolute Gasteiger partial charge is 0.394 e. The van der Waals surface area contributed by atoms with Crippen molar-refractivity contribution in [2.24, 2.45) is 11.1 Å². The average Bonchev–Trinajstić information content (AvgIpc) is 2.44. The summed E-state index contributed by atoms with van der Waals surface area (Å²) in [6.07, 6.45) is 0.180. The van der Waals surface area contributed by atoms with Crippen LogP contribution in [0.4, 0.5) is 0 Å². The highest BCUT2D eigenvalue weighted by molar-refractivity contribution is 7.89. The zero-order valence-electron chi connectivity index (χ0n) is 9.51. The number of sulfonamides is 1. The number of nitrogens with two attached hydrogens (primary N) is 1. The molecule has 1 aliphatic heterocycles. The molecule has 0 aromatic carbocycles. The number of hydrogen-bond donors (Lipinski definition) is 2. The predicted molar refractivity (Wildman–Crippen MR) is 59.0 cm³/mol. The van der Waals surface area contributed by atoms with E-state index in [1.54, 1.807) is 13.8 Å². The lowest BCUT2D eigenvalue weighted by molar-refractivity contribution is -0.133. The van der Waals surface area contributed by atoms with Crippen molar-refractivity contribution in [1.82, 2.24) is 4.90 Å². The van der Waals surface area contributed by atoms with Crippen LogP contribution in [0.3, 0.4) is 0 Å². The first kappa shape index (κ1) is 13.4. The van der Waals surface area contributed by atoms with E-state index in [9.17, 15) is 13.2 Å². The zero-order valence-corrected chi connectivity index (χ0v) is 10.3. The van der Waals surface area contributed by atoms with Crippen LogP contribution in [0.15, 0.2) is 0 Å². The lowest BCUT2D eigenvalue weighted by atomic mass is 10.1. The predicted octanol–water partition coefficient (Wildman–Crippen LogP) is -1.11. The second kappa shape index (κ2) is 4.31. The second-order valence-electron chi connectivity index (χ2n) is 4.87. The maximum Gasteiger partial charge on any atom is 0.223 e. The van der Waals surface area contributed by atoms with Gasteiger partial charge < -0.3 is 10.0 Å². The SMILES string of the molecule is CC(C)(CO)N1CC(CS(N)(=O)=O)CC1=O. The van der Waals surface area contributed by atoms with Gasteiger partial charge in [-0.05, 0) is 13.8 Å². The molecule has 0 spiro atoms. The molecule has 0 bridgehead atoms. The van der Waals surface area contributed by atoms with E-state index < -0.39 is 15.6 Å². The van der Waals surface area contributed by atoms with Gasteiger partial charge in [0.25, 0.3) is 0 Å². The maximum atomic E-state index is 11.7. The molecule has 1 heterocycles. The number of carbonyl (C=O) groups is 1. The Balaban J connectivity index is 2.72. The first-order valence-electron chi connectivity index (χ1n) is 5.07. The number of aliphatic hydroxyl groups excluding tert-OH is 1. The summed E-state index contributed by atoms with van der Waals surface area (Å²) >= 11 is 0. The first-order chi connectivity index (χ1) is 7.15. The van der Waals surface area contributed by atoms with Crippen molar-refractivity contribution in [3.05, 3.63) is 0 Å². The monoisotopic (exact) mass is 250 g/mol. The highest BCUT2D eigenvalue weighted by Crippen LogP contribution is 2.26.